The van der Waals surface area contributed by atoms with Gasteiger partial charge in [-0.3, -0.25) is 14.6 Å². The van der Waals surface area contributed by atoms with Gasteiger partial charge in [0.15, 0.2) is 5.78 Å². The summed E-state index contributed by atoms with van der Waals surface area (Å²) in [5.41, 5.74) is 4.68. The zero-order valence-corrected chi connectivity index (χ0v) is 20.0. The summed E-state index contributed by atoms with van der Waals surface area (Å²) >= 11 is 0. The second-order valence-corrected chi connectivity index (χ2v) is 8.23. The molecule has 6 nitrogen and oxygen atoms in total. The molecule has 0 radical (unpaired) electrons. The van der Waals surface area contributed by atoms with Crippen LogP contribution in [-0.2, 0) is 4.79 Å². The molecule has 1 aliphatic rings. The fraction of sp³-hybridized carbons (Fsp3) is 0.172. The average Bonchev–Trinajstić information content (AvgIpc) is 3.16. The molecule has 1 heterocycles. The lowest BCUT2D eigenvalue weighted by molar-refractivity contribution is -0.118. The van der Waals surface area contributed by atoms with E-state index in [0.29, 0.717) is 23.6 Å². The Labute approximate surface area is 205 Å². The number of hydrogen-bond acceptors (Lipinski definition) is 5. The highest BCUT2D eigenvalue weighted by Gasteiger charge is 2.33. The number of hydrazone groups is 1. The maximum atomic E-state index is 12.9. The zero-order valence-electron chi connectivity index (χ0n) is 20.0. The number of allylic oxidation sites excluding steroid dienone is 1. The Morgan fingerprint density at radius 1 is 1.00 bits per heavy atom. The van der Waals surface area contributed by atoms with E-state index in [9.17, 15) is 9.59 Å². The lowest BCUT2D eigenvalue weighted by Gasteiger charge is -2.12. The molecule has 3 aromatic carbocycles. The van der Waals surface area contributed by atoms with Crippen LogP contribution in [0, 0.1) is 12.8 Å². The first-order valence-electron chi connectivity index (χ1n) is 11.5. The van der Waals surface area contributed by atoms with Crippen molar-refractivity contribution in [3.63, 3.8) is 0 Å². The highest BCUT2D eigenvalue weighted by molar-refractivity contribution is 6.23. The van der Waals surface area contributed by atoms with E-state index in [-0.39, 0.29) is 11.7 Å². The predicted octanol–water partition coefficient (Wildman–Crippen LogP) is 6.03. The van der Waals surface area contributed by atoms with E-state index in [1.807, 2.05) is 69.3 Å². The van der Waals surface area contributed by atoms with E-state index < -0.39 is 5.92 Å². The van der Waals surface area contributed by atoms with Gasteiger partial charge in [0.25, 0.3) is 5.91 Å². The summed E-state index contributed by atoms with van der Waals surface area (Å²) in [6.45, 7) is 6.37. The van der Waals surface area contributed by atoms with E-state index in [0.717, 1.165) is 22.6 Å². The van der Waals surface area contributed by atoms with Crippen molar-refractivity contribution in [3.8, 4) is 5.75 Å². The SMILES string of the molecule is CCOc1ccc(/C=C/C(=O)c2ccc(N=CC3C(=O)N(c4ccc(C)cc4)N=C3C)cc2)cc1. The number of nitrogens with zero attached hydrogens (tertiary/aromatic N) is 3. The van der Waals surface area contributed by atoms with Gasteiger partial charge in [-0.05, 0) is 80.9 Å². The van der Waals surface area contributed by atoms with Crippen molar-refractivity contribution in [2.45, 2.75) is 20.8 Å². The van der Waals surface area contributed by atoms with Crippen molar-refractivity contribution in [1.29, 1.82) is 0 Å². The molecule has 0 saturated heterocycles. The van der Waals surface area contributed by atoms with Crippen molar-refractivity contribution < 1.29 is 14.3 Å². The summed E-state index contributed by atoms with van der Waals surface area (Å²) in [6, 6.07) is 22.2. The van der Waals surface area contributed by atoms with Crippen LogP contribution >= 0.6 is 0 Å². The summed E-state index contributed by atoms with van der Waals surface area (Å²) in [4.78, 5) is 29.8. The van der Waals surface area contributed by atoms with Crippen molar-refractivity contribution in [2.75, 3.05) is 11.6 Å². The molecule has 4 rings (SSSR count). The second-order valence-electron chi connectivity index (χ2n) is 8.23. The minimum atomic E-state index is -0.519. The molecular formula is C29H27N3O3. The molecule has 0 N–H and O–H groups in total. The van der Waals surface area contributed by atoms with Crippen molar-refractivity contribution >= 4 is 41.1 Å². The van der Waals surface area contributed by atoms with Crippen molar-refractivity contribution in [3.05, 3.63) is 95.6 Å². The van der Waals surface area contributed by atoms with E-state index in [2.05, 4.69) is 10.1 Å². The molecule has 1 unspecified atom stereocenters. The Morgan fingerprint density at radius 2 is 1.69 bits per heavy atom. The summed E-state index contributed by atoms with van der Waals surface area (Å²) in [7, 11) is 0. The standard InChI is InChI=1S/C29H27N3O3/c1-4-35-26-16-7-22(8-17-26)9-18-28(33)23-10-12-24(13-11-23)30-19-27-21(3)31-32(29(27)34)25-14-5-20(2)6-15-25/h5-19,27H,4H2,1-3H3/b18-9+,30-19?. The maximum absolute atomic E-state index is 12.9. The number of carbonyl (C=O) groups is 2. The van der Waals surface area contributed by atoms with Gasteiger partial charge >= 0.3 is 0 Å². The van der Waals surface area contributed by atoms with Crippen molar-refractivity contribution in [1.82, 2.24) is 0 Å². The Morgan fingerprint density at radius 3 is 2.34 bits per heavy atom. The summed E-state index contributed by atoms with van der Waals surface area (Å²) in [5, 5.41) is 5.83. The van der Waals surface area contributed by atoms with Crippen LogP contribution in [0.5, 0.6) is 5.75 Å². The number of ether oxygens (including phenoxy) is 1. The number of aliphatic imine (C=N–C) groups is 1. The minimum Gasteiger partial charge on any atom is -0.494 e. The second kappa shape index (κ2) is 10.7. The molecule has 3 aromatic rings. The van der Waals surface area contributed by atoms with Gasteiger partial charge in [0, 0.05) is 11.8 Å². The van der Waals surface area contributed by atoms with E-state index in [1.54, 1.807) is 42.6 Å². The number of benzene rings is 3. The van der Waals surface area contributed by atoms with Crippen LogP contribution in [-0.4, -0.2) is 30.2 Å². The average molecular weight is 466 g/mol. The van der Waals surface area contributed by atoms with Crippen LogP contribution in [0.1, 0.15) is 35.3 Å². The molecule has 0 fully saturated rings. The Bertz CT molecular complexity index is 1290. The van der Waals surface area contributed by atoms with Crippen LogP contribution in [0.4, 0.5) is 11.4 Å². The lowest BCUT2D eigenvalue weighted by Crippen LogP contribution is -2.27. The molecule has 0 aliphatic carbocycles. The summed E-state index contributed by atoms with van der Waals surface area (Å²) in [5.74, 6) is 0.0452. The summed E-state index contributed by atoms with van der Waals surface area (Å²) in [6.07, 6.45) is 4.93. The largest absolute Gasteiger partial charge is 0.494 e. The van der Waals surface area contributed by atoms with Gasteiger partial charge in [0.1, 0.15) is 11.7 Å². The quantitative estimate of drug-likeness (QED) is 0.232. The smallest absolute Gasteiger partial charge is 0.261 e. The monoisotopic (exact) mass is 465 g/mol. The first-order chi connectivity index (χ1) is 16.9. The Balaban J connectivity index is 1.38. The molecule has 176 valence electrons. The molecule has 0 aromatic heterocycles. The van der Waals surface area contributed by atoms with Crippen LogP contribution in [0.15, 0.2) is 89.0 Å². The van der Waals surface area contributed by atoms with Gasteiger partial charge in [-0.1, -0.05) is 35.9 Å². The topological polar surface area (TPSA) is 71.3 Å². The first kappa shape index (κ1) is 23.8. The van der Waals surface area contributed by atoms with Crippen LogP contribution in [0.2, 0.25) is 0 Å². The number of anilines is 1. The molecule has 1 aliphatic heterocycles. The summed E-state index contributed by atoms with van der Waals surface area (Å²) < 4.78 is 5.43. The van der Waals surface area contributed by atoms with Crippen LogP contribution in [0.3, 0.4) is 0 Å². The molecular weight excluding hydrogens is 438 g/mol. The third-order valence-corrected chi connectivity index (χ3v) is 5.60. The highest BCUT2D eigenvalue weighted by atomic mass is 16.5. The van der Waals surface area contributed by atoms with Gasteiger partial charge in [-0.2, -0.15) is 10.1 Å². The highest BCUT2D eigenvalue weighted by Crippen LogP contribution is 2.24. The van der Waals surface area contributed by atoms with Gasteiger partial charge in [0.2, 0.25) is 0 Å². The molecule has 1 atom stereocenters. The zero-order chi connectivity index (χ0) is 24.8. The Kier molecular flexibility index (Phi) is 7.31. The first-order valence-corrected chi connectivity index (χ1v) is 11.5. The number of rotatable bonds is 8. The number of carbonyl (C=O) groups excluding carboxylic acids is 2. The van der Waals surface area contributed by atoms with Crippen molar-refractivity contribution in [2.24, 2.45) is 16.0 Å². The molecule has 0 spiro atoms. The molecule has 35 heavy (non-hydrogen) atoms. The van der Waals surface area contributed by atoms with Gasteiger partial charge in [0.05, 0.1) is 23.7 Å². The number of hydrogen-bond donors (Lipinski definition) is 0. The van der Waals surface area contributed by atoms with E-state index in [1.165, 1.54) is 5.01 Å². The van der Waals surface area contributed by atoms with Crippen LogP contribution < -0.4 is 9.75 Å². The molecule has 1 amide bonds. The van der Waals surface area contributed by atoms with E-state index in [4.69, 9.17) is 4.74 Å². The van der Waals surface area contributed by atoms with Gasteiger partial charge in [-0.25, -0.2) is 0 Å². The predicted molar refractivity (Wildman–Crippen MR) is 141 cm³/mol. The van der Waals surface area contributed by atoms with Gasteiger partial charge in [-0.15, -0.1) is 0 Å². The fourth-order valence-corrected chi connectivity index (χ4v) is 3.60. The third kappa shape index (κ3) is 5.79. The van der Waals surface area contributed by atoms with Crippen LogP contribution in [0.25, 0.3) is 6.08 Å². The van der Waals surface area contributed by atoms with Gasteiger partial charge < -0.3 is 4.74 Å². The Hall–Kier alpha value is -4.32. The molecule has 0 saturated carbocycles. The third-order valence-electron chi connectivity index (χ3n) is 5.60. The fourth-order valence-electron chi connectivity index (χ4n) is 3.60. The molecule has 6 heteroatoms. The number of ketones is 1. The normalized spacial score (nSPS) is 15.7. The molecule has 0 bridgehead atoms. The number of aryl methyl sites for hydroxylation is 1. The maximum Gasteiger partial charge on any atom is 0.261 e. The lowest BCUT2D eigenvalue weighted by atomic mass is 10.1. The van der Waals surface area contributed by atoms with E-state index >= 15 is 0 Å². The number of amides is 1. The minimum absolute atomic E-state index is 0.0999.